The predicted molar refractivity (Wildman–Crippen MR) is 76.1 cm³/mol. The molecule has 0 aromatic heterocycles. The van der Waals surface area contributed by atoms with Crippen LogP contribution < -0.4 is 11.2 Å². The van der Waals surface area contributed by atoms with Gasteiger partial charge in [0.1, 0.15) is 12.1 Å². The summed E-state index contributed by atoms with van der Waals surface area (Å²) in [5.41, 5.74) is 6.29. The van der Waals surface area contributed by atoms with Crippen LogP contribution in [0.5, 0.6) is 0 Å². The highest BCUT2D eigenvalue weighted by Gasteiger charge is 2.21. The third kappa shape index (κ3) is 9.34. The monoisotopic (exact) mass is 315 g/mol. The molecule has 3 N–H and O–H groups in total. The minimum atomic E-state index is -0.938. The Morgan fingerprint density at radius 2 is 1.77 bits per heavy atom. The molecule has 0 spiro atoms. The number of nitrogens with one attached hydrogen (secondary N) is 1. The molecule has 0 aliphatic rings. The number of hydrazine groups is 1. The van der Waals surface area contributed by atoms with Crippen LogP contribution >= 0.6 is 0 Å². The molecule has 0 aliphatic heterocycles. The highest BCUT2D eigenvalue weighted by Crippen LogP contribution is 2.06. The van der Waals surface area contributed by atoms with E-state index in [0.29, 0.717) is 5.01 Å². The van der Waals surface area contributed by atoms with Gasteiger partial charge in [0, 0.05) is 12.2 Å². The van der Waals surface area contributed by atoms with Crippen LogP contribution in [0.2, 0.25) is 0 Å². The lowest BCUT2D eigenvalue weighted by molar-refractivity contribution is -0.138. The first-order valence-electron chi connectivity index (χ1n) is 6.49. The fourth-order valence-electron chi connectivity index (χ4n) is 1.16. The van der Waals surface area contributed by atoms with Crippen molar-refractivity contribution in [2.45, 2.75) is 33.3 Å². The number of carbonyl (C=O) groups excluding carboxylic acids is 4. The number of esters is 1. The van der Waals surface area contributed by atoms with Crippen molar-refractivity contribution in [1.29, 1.82) is 0 Å². The molecular formula is C13H21N3O6. The Balaban J connectivity index is 4.82. The van der Waals surface area contributed by atoms with Crippen LogP contribution in [-0.4, -0.2) is 47.6 Å². The van der Waals surface area contributed by atoms with Crippen molar-refractivity contribution in [3.63, 3.8) is 0 Å². The molecule has 9 heteroatoms. The van der Waals surface area contributed by atoms with Gasteiger partial charge in [-0.25, -0.2) is 20.0 Å². The smallest absolute Gasteiger partial charge is 0.426 e. The molecule has 0 bridgehead atoms. The van der Waals surface area contributed by atoms with Crippen molar-refractivity contribution in [1.82, 2.24) is 10.4 Å². The Bertz CT molecular complexity index is 467. The molecule has 0 atom stereocenters. The highest BCUT2D eigenvalue weighted by atomic mass is 16.6. The average Bonchev–Trinajstić information content (AvgIpc) is 2.32. The second-order valence-corrected chi connectivity index (χ2v) is 5.09. The van der Waals surface area contributed by atoms with E-state index in [2.05, 4.69) is 10.2 Å². The summed E-state index contributed by atoms with van der Waals surface area (Å²) in [5, 5.41) is 0.631. The lowest BCUT2D eigenvalue weighted by atomic mass is 10.2. The largest absolute Gasteiger partial charge is 0.463 e. The van der Waals surface area contributed by atoms with Gasteiger partial charge in [-0.15, -0.1) is 0 Å². The molecule has 0 heterocycles. The first kappa shape index (κ1) is 19.4. The normalized spacial score (nSPS) is 10.9. The number of carbonyl (C=O) groups is 4. The van der Waals surface area contributed by atoms with Crippen LogP contribution in [0.4, 0.5) is 4.79 Å². The number of hydrogen-bond donors (Lipinski definition) is 2. The Morgan fingerprint density at radius 1 is 1.18 bits per heavy atom. The highest BCUT2D eigenvalue weighted by molar-refractivity contribution is 5.96. The SMILES string of the molecule is CCOC(=O)/C=C/C(=O)N(CC(N)=O)NC(=O)OC(C)(C)C. The van der Waals surface area contributed by atoms with Crippen LogP contribution in [0.15, 0.2) is 12.2 Å². The number of rotatable bonds is 5. The van der Waals surface area contributed by atoms with Crippen LogP contribution in [0, 0.1) is 0 Å². The van der Waals surface area contributed by atoms with E-state index in [1.54, 1.807) is 27.7 Å². The molecule has 0 fully saturated rings. The maximum atomic E-state index is 11.8. The van der Waals surface area contributed by atoms with Crippen LogP contribution in [0.3, 0.4) is 0 Å². The zero-order valence-electron chi connectivity index (χ0n) is 13.0. The van der Waals surface area contributed by atoms with Crippen LogP contribution in [0.1, 0.15) is 27.7 Å². The number of hydrogen-bond acceptors (Lipinski definition) is 6. The summed E-state index contributed by atoms with van der Waals surface area (Å²) in [6.07, 6.45) is 0.779. The first-order chi connectivity index (χ1) is 10.0. The van der Waals surface area contributed by atoms with Crippen molar-refractivity contribution in [3.05, 3.63) is 12.2 Å². The van der Waals surface area contributed by atoms with E-state index in [9.17, 15) is 19.2 Å². The minimum absolute atomic E-state index is 0.151. The summed E-state index contributed by atoms with van der Waals surface area (Å²) in [6, 6.07) is 0. The Labute approximate surface area is 128 Å². The van der Waals surface area contributed by atoms with Gasteiger partial charge in [0.05, 0.1) is 6.61 Å². The summed E-state index contributed by atoms with van der Waals surface area (Å²) in [6.45, 7) is 6.08. The molecule has 3 amide bonds. The molecule has 22 heavy (non-hydrogen) atoms. The van der Waals surface area contributed by atoms with E-state index in [1.807, 2.05) is 0 Å². The molecule has 0 aromatic carbocycles. The topological polar surface area (TPSA) is 128 Å². The fraction of sp³-hybridized carbons (Fsp3) is 0.538. The van der Waals surface area contributed by atoms with Gasteiger partial charge in [0.2, 0.25) is 5.91 Å². The lowest BCUT2D eigenvalue weighted by Crippen LogP contribution is -2.50. The summed E-state index contributed by atoms with van der Waals surface area (Å²) in [4.78, 5) is 45.5. The molecule has 0 aromatic rings. The summed E-state index contributed by atoms with van der Waals surface area (Å²) in [5.74, 6) is -2.42. The van der Waals surface area contributed by atoms with Crippen LogP contribution in [0.25, 0.3) is 0 Å². The Kier molecular flexibility index (Phi) is 7.64. The van der Waals surface area contributed by atoms with E-state index in [0.717, 1.165) is 12.2 Å². The van der Waals surface area contributed by atoms with Crippen molar-refractivity contribution >= 4 is 23.9 Å². The van der Waals surface area contributed by atoms with E-state index < -0.39 is 36.0 Å². The van der Waals surface area contributed by atoms with Crippen molar-refractivity contribution in [2.24, 2.45) is 5.73 Å². The Hall–Kier alpha value is -2.58. The third-order valence-corrected chi connectivity index (χ3v) is 1.85. The number of nitrogens with two attached hydrogens (primary N) is 1. The lowest BCUT2D eigenvalue weighted by Gasteiger charge is -2.24. The van der Waals surface area contributed by atoms with Gasteiger partial charge >= 0.3 is 12.1 Å². The van der Waals surface area contributed by atoms with Crippen molar-refractivity contribution < 1.29 is 28.7 Å². The van der Waals surface area contributed by atoms with E-state index in [4.69, 9.17) is 10.5 Å². The molecule has 0 rings (SSSR count). The molecule has 0 aliphatic carbocycles. The van der Waals surface area contributed by atoms with E-state index in [-0.39, 0.29) is 6.61 Å². The zero-order chi connectivity index (χ0) is 17.3. The zero-order valence-corrected chi connectivity index (χ0v) is 13.0. The summed E-state index contributed by atoms with van der Waals surface area (Å²) in [7, 11) is 0. The van der Waals surface area contributed by atoms with Gasteiger partial charge in [-0.2, -0.15) is 0 Å². The molecule has 0 saturated carbocycles. The quantitative estimate of drug-likeness (QED) is 0.413. The van der Waals surface area contributed by atoms with Gasteiger partial charge in [-0.1, -0.05) is 0 Å². The fourth-order valence-corrected chi connectivity index (χ4v) is 1.16. The van der Waals surface area contributed by atoms with Gasteiger partial charge in [-0.3, -0.25) is 9.59 Å². The standard InChI is InChI=1S/C13H21N3O6/c1-5-21-11(19)7-6-10(18)16(8-9(14)17)15-12(20)22-13(2,3)4/h6-7H,5,8H2,1-4H3,(H2,14,17)(H,15,20)/b7-6+. The number of primary amides is 1. The second-order valence-electron chi connectivity index (χ2n) is 5.09. The van der Waals surface area contributed by atoms with E-state index in [1.165, 1.54) is 0 Å². The molecule has 0 radical (unpaired) electrons. The van der Waals surface area contributed by atoms with Gasteiger partial charge in [-0.05, 0) is 27.7 Å². The van der Waals surface area contributed by atoms with Gasteiger partial charge in [0.25, 0.3) is 5.91 Å². The number of nitrogens with zero attached hydrogens (tertiary/aromatic N) is 1. The molecule has 0 unspecified atom stereocenters. The molecular weight excluding hydrogens is 294 g/mol. The molecule has 0 saturated heterocycles. The average molecular weight is 315 g/mol. The second kappa shape index (κ2) is 8.65. The minimum Gasteiger partial charge on any atom is -0.463 e. The molecule has 124 valence electrons. The van der Waals surface area contributed by atoms with Gasteiger partial charge in [0.15, 0.2) is 0 Å². The maximum absolute atomic E-state index is 11.8. The van der Waals surface area contributed by atoms with Crippen molar-refractivity contribution in [2.75, 3.05) is 13.2 Å². The summed E-state index contributed by atoms with van der Waals surface area (Å²) < 4.78 is 9.55. The van der Waals surface area contributed by atoms with Crippen molar-refractivity contribution in [3.8, 4) is 0 Å². The Morgan fingerprint density at radius 3 is 2.23 bits per heavy atom. The number of amides is 3. The maximum Gasteiger partial charge on any atom is 0.426 e. The van der Waals surface area contributed by atoms with Gasteiger partial charge < -0.3 is 15.2 Å². The van der Waals surface area contributed by atoms with E-state index >= 15 is 0 Å². The first-order valence-corrected chi connectivity index (χ1v) is 6.49. The number of ether oxygens (including phenoxy) is 2. The summed E-state index contributed by atoms with van der Waals surface area (Å²) >= 11 is 0. The molecule has 9 nitrogen and oxygen atoms in total. The predicted octanol–water partition coefficient (Wildman–Crippen LogP) is -0.141. The van der Waals surface area contributed by atoms with Crippen LogP contribution in [-0.2, 0) is 23.9 Å². The third-order valence-electron chi connectivity index (χ3n) is 1.85.